The van der Waals surface area contributed by atoms with Gasteiger partial charge >= 0.3 is 0 Å². The van der Waals surface area contributed by atoms with Gasteiger partial charge in [0.1, 0.15) is 0 Å². The van der Waals surface area contributed by atoms with Crippen molar-refractivity contribution in [3.63, 3.8) is 0 Å². The van der Waals surface area contributed by atoms with E-state index in [2.05, 4.69) is 21.2 Å². The minimum atomic E-state index is -0.384. The molecule has 20 heavy (non-hydrogen) atoms. The summed E-state index contributed by atoms with van der Waals surface area (Å²) < 4.78 is 0.928. The van der Waals surface area contributed by atoms with Crippen molar-refractivity contribution >= 4 is 38.9 Å². The van der Waals surface area contributed by atoms with Gasteiger partial charge in [0, 0.05) is 33.4 Å². The Labute approximate surface area is 130 Å². The number of anilines is 1. The molecule has 0 spiro atoms. The smallest absolute Gasteiger partial charge is 0.272 e. The summed E-state index contributed by atoms with van der Waals surface area (Å²) in [5, 5.41) is 14.6. The summed E-state index contributed by atoms with van der Waals surface area (Å²) in [7, 11) is 0. The van der Waals surface area contributed by atoms with Crippen molar-refractivity contribution in [2.45, 2.75) is 13.5 Å². The lowest BCUT2D eigenvalue weighted by Gasteiger charge is -2.09. The van der Waals surface area contributed by atoms with Gasteiger partial charge in [-0.3, -0.25) is 10.1 Å². The van der Waals surface area contributed by atoms with Crippen molar-refractivity contribution in [2.24, 2.45) is 0 Å². The highest BCUT2D eigenvalue weighted by Crippen LogP contribution is 2.24. The van der Waals surface area contributed by atoms with Crippen LogP contribution in [-0.2, 0) is 6.54 Å². The van der Waals surface area contributed by atoms with Crippen molar-refractivity contribution in [3.05, 3.63) is 67.1 Å². The minimum Gasteiger partial charge on any atom is -0.381 e. The Kier molecular flexibility index (Phi) is 4.62. The van der Waals surface area contributed by atoms with Crippen molar-refractivity contribution in [1.29, 1.82) is 0 Å². The summed E-state index contributed by atoms with van der Waals surface area (Å²) in [5.41, 5.74) is 2.54. The van der Waals surface area contributed by atoms with Gasteiger partial charge in [0.25, 0.3) is 5.69 Å². The molecule has 0 saturated carbocycles. The standard InChI is InChI=1S/C14H12BrClN2O2/c1-9-6-12(4-5-14(9)18(19)20)17-8-10-2-3-11(15)7-13(10)16/h2-7,17H,8H2,1H3. The molecule has 0 atom stereocenters. The third kappa shape index (κ3) is 3.49. The number of rotatable bonds is 4. The molecule has 2 aromatic carbocycles. The second-order valence-corrected chi connectivity index (χ2v) is 5.67. The maximum absolute atomic E-state index is 10.8. The van der Waals surface area contributed by atoms with Crippen molar-refractivity contribution in [1.82, 2.24) is 0 Å². The molecule has 104 valence electrons. The maximum atomic E-state index is 10.8. The van der Waals surface area contributed by atoms with Gasteiger partial charge in [-0.05, 0) is 36.8 Å². The van der Waals surface area contributed by atoms with Gasteiger partial charge in [0.2, 0.25) is 0 Å². The van der Waals surface area contributed by atoms with Gasteiger partial charge < -0.3 is 5.32 Å². The highest BCUT2D eigenvalue weighted by Gasteiger charge is 2.10. The molecule has 0 aliphatic heterocycles. The van der Waals surface area contributed by atoms with Gasteiger partial charge in [0.05, 0.1) is 4.92 Å². The summed E-state index contributed by atoms with van der Waals surface area (Å²) in [6.45, 7) is 2.28. The first kappa shape index (κ1) is 14.8. The minimum absolute atomic E-state index is 0.122. The highest BCUT2D eigenvalue weighted by molar-refractivity contribution is 9.10. The number of halogens is 2. The van der Waals surface area contributed by atoms with Crippen LogP contribution in [0, 0.1) is 17.0 Å². The predicted octanol–water partition coefficient (Wildman–Crippen LogP) is 4.93. The fourth-order valence-electron chi connectivity index (χ4n) is 1.83. The Morgan fingerprint density at radius 2 is 2.05 bits per heavy atom. The number of nitrogens with one attached hydrogen (secondary N) is 1. The van der Waals surface area contributed by atoms with E-state index in [1.54, 1.807) is 19.1 Å². The van der Waals surface area contributed by atoms with Crippen LogP contribution in [0.3, 0.4) is 0 Å². The Balaban J connectivity index is 2.11. The molecular formula is C14H12BrClN2O2. The van der Waals surface area contributed by atoms with E-state index in [9.17, 15) is 10.1 Å². The zero-order valence-corrected chi connectivity index (χ0v) is 13.0. The number of nitro groups is 1. The van der Waals surface area contributed by atoms with E-state index >= 15 is 0 Å². The van der Waals surface area contributed by atoms with Gasteiger partial charge in [0.15, 0.2) is 0 Å². The van der Waals surface area contributed by atoms with Crippen LogP contribution < -0.4 is 5.32 Å². The van der Waals surface area contributed by atoms with Crippen LogP contribution in [0.2, 0.25) is 5.02 Å². The summed E-state index contributed by atoms with van der Waals surface area (Å²) in [4.78, 5) is 10.4. The lowest BCUT2D eigenvalue weighted by Crippen LogP contribution is -2.01. The Hall–Kier alpha value is -1.59. The summed E-state index contributed by atoms with van der Waals surface area (Å²) in [6, 6.07) is 10.6. The van der Waals surface area contributed by atoms with Crippen LogP contribution in [0.5, 0.6) is 0 Å². The number of hydrogen-bond donors (Lipinski definition) is 1. The number of nitro benzene ring substituents is 1. The Morgan fingerprint density at radius 3 is 2.65 bits per heavy atom. The molecule has 0 aromatic heterocycles. The zero-order valence-electron chi connectivity index (χ0n) is 10.7. The molecule has 0 heterocycles. The first-order valence-corrected chi connectivity index (χ1v) is 7.07. The monoisotopic (exact) mass is 354 g/mol. The van der Waals surface area contributed by atoms with E-state index in [1.165, 1.54) is 6.07 Å². The molecule has 1 N–H and O–H groups in total. The third-order valence-corrected chi connectivity index (χ3v) is 3.74. The first-order valence-electron chi connectivity index (χ1n) is 5.90. The van der Waals surface area contributed by atoms with E-state index in [4.69, 9.17) is 11.6 Å². The molecule has 0 amide bonds. The largest absolute Gasteiger partial charge is 0.381 e. The van der Waals surface area contributed by atoms with E-state index in [1.807, 2.05) is 18.2 Å². The summed E-state index contributed by atoms with van der Waals surface area (Å²) >= 11 is 9.49. The van der Waals surface area contributed by atoms with Gasteiger partial charge in [-0.2, -0.15) is 0 Å². The average Bonchev–Trinajstić information content (AvgIpc) is 2.37. The van der Waals surface area contributed by atoms with Crippen LogP contribution in [0.4, 0.5) is 11.4 Å². The van der Waals surface area contributed by atoms with E-state index in [0.717, 1.165) is 15.7 Å². The van der Waals surface area contributed by atoms with Crippen molar-refractivity contribution in [2.75, 3.05) is 5.32 Å². The molecule has 0 aliphatic carbocycles. The van der Waals surface area contributed by atoms with Crippen LogP contribution >= 0.6 is 27.5 Å². The molecule has 0 saturated heterocycles. The van der Waals surface area contributed by atoms with E-state index < -0.39 is 0 Å². The molecule has 0 bridgehead atoms. The van der Waals surface area contributed by atoms with Gasteiger partial charge in [-0.25, -0.2) is 0 Å². The normalized spacial score (nSPS) is 10.3. The second-order valence-electron chi connectivity index (χ2n) is 4.35. The molecule has 0 unspecified atom stereocenters. The number of nitrogens with zero attached hydrogens (tertiary/aromatic N) is 1. The third-order valence-electron chi connectivity index (χ3n) is 2.89. The van der Waals surface area contributed by atoms with Crippen molar-refractivity contribution < 1.29 is 4.92 Å². The first-order chi connectivity index (χ1) is 9.47. The Bertz CT molecular complexity index is 662. The van der Waals surface area contributed by atoms with E-state index in [-0.39, 0.29) is 10.6 Å². The molecule has 6 heteroatoms. The quantitative estimate of drug-likeness (QED) is 0.625. The number of benzene rings is 2. The average molecular weight is 356 g/mol. The van der Waals surface area contributed by atoms with Crippen LogP contribution in [-0.4, -0.2) is 4.92 Å². The molecule has 0 aliphatic rings. The molecule has 2 rings (SSSR count). The summed E-state index contributed by atoms with van der Waals surface area (Å²) in [6.07, 6.45) is 0. The topological polar surface area (TPSA) is 55.2 Å². The predicted molar refractivity (Wildman–Crippen MR) is 84.3 cm³/mol. The fraction of sp³-hybridized carbons (Fsp3) is 0.143. The summed E-state index contributed by atoms with van der Waals surface area (Å²) in [5.74, 6) is 0. The lowest BCUT2D eigenvalue weighted by molar-refractivity contribution is -0.385. The molecule has 4 nitrogen and oxygen atoms in total. The SMILES string of the molecule is Cc1cc(NCc2ccc(Br)cc2Cl)ccc1[N+](=O)[O-]. The zero-order chi connectivity index (χ0) is 14.7. The van der Waals surface area contributed by atoms with Crippen LogP contribution in [0.25, 0.3) is 0 Å². The van der Waals surface area contributed by atoms with Gasteiger partial charge in [-0.15, -0.1) is 0 Å². The highest BCUT2D eigenvalue weighted by atomic mass is 79.9. The van der Waals surface area contributed by atoms with Gasteiger partial charge in [-0.1, -0.05) is 33.6 Å². The lowest BCUT2D eigenvalue weighted by atomic mass is 10.1. The number of hydrogen-bond acceptors (Lipinski definition) is 3. The van der Waals surface area contributed by atoms with Crippen molar-refractivity contribution in [3.8, 4) is 0 Å². The molecule has 0 radical (unpaired) electrons. The molecule has 2 aromatic rings. The van der Waals surface area contributed by atoms with Crippen LogP contribution in [0.15, 0.2) is 40.9 Å². The maximum Gasteiger partial charge on any atom is 0.272 e. The number of aryl methyl sites for hydroxylation is 1. The van der Waals surface area contributed by atoms with E-state index in [0.29, 0.717) is 17.1 Å². The molecule has 0 fully saturated rings. The second kappa shape index (κ2) is 6.24. The molecular weight excluding hydrogens is 344 g/mol. The fourth-order valence-corrected chi connectivity index (χ4v) is 2.57. The Morgan fingerprint density at radius 1 is 1.30 bits per heavy atom. The van der Waals surface area contributed by atoms with Crippen LogP contribution in [0.1, 0.15) is 11.1 Å².